The van der Waals surface area contributed by atoms with Crippen molar-refractivity contribution in [3.8, 4) is 17.4 Å². The number of anilines is 1. The van der Waals surface area contributed by atoms with Crippen molar-refractivity contribution in [2.75, 3.05) is 11.4 Å². The van der Waals surface area contributed by atoms with E-state index < -0.39 is 27.8 Å². The van der Waals surface area contributed by atoms with Gasteiger partial charge in [0.2, 0.25) is 11.8 Å². The maximum atomic E-state index is 13.1. The molecule has 2 aromatic rings. The maximum absolute atomic E-state index is 13.1. The average molecular weight is 334 g/mol. The summed E-state index contributed by atoms with van der Waals surface area (Å²) in [5.41, 5.74) is 0.797. The third-order valence-corrected chi connectivity index (χ3v) is 4.74. The Labute approximate surface area is 132 Å². The molecule has 1 atom stereocenters. The van der Waals surface area contributed by atoms with Crippen molar-refractivity contribution >= 4 is 22.0 Å². The second kappa shape index (κ2) is 5.52. The first-order valence-electron chi connectivity index (χ1n) is 6.73. The molecule has 1 saturated heterocycles. The largest absolute Gasteiger partial charge is 0.439 e. The van der Waals surface area contributed by atoms with Crippen molar-refractivity contribution in [1.29, 1.82) is 5.26 Å². The minimum atomic E-state index is -4.83. The van der Waals surface area contributed by atoms with Crippen LogP contribution in [0.5, 0.6) is 0 Å². The van der Waals surface area contributed by atoms with Crippen LogP contribution in [0.4, 0.5) is 9.77 Å². The van der Waals surface area contributed by atoms with Gasteiger partial charge < -0.3 is 4.42 Å². The average Bonchev–Trinajstić information content (AvgIpc) is 3.11. The van der Waals surface area contributed by atoms with Gasteiger partial charge >= 0.3 is 10.2 Å². The zero-order valence-corrected chi connectivity index (χ0v) is 12.6. The van der Waals surface area contributed by atoms with Crippen LogP contribution in [-0.4, -0.2) is 26.1 Å². The van der Waals surface area contributed by atoms with Crippen molar-refractivity contribution in [2.45, 2.75) is 11.7 Å². The van der Waals surface area contributed by atoms with E-state index in [2.05, 4.69) is 0 Å². The molecule has 0 N–H and O–H groups in total. The van der Waals surface area contributed by atoms with Crippen LogP contribution in [0.15, 0.2) is 40.8 Å². The highest BCUT2D eigenvalue weighted by Crippen LogP contribution is 2.34. The summed E-state index contributed by atoms with van der Waals surface area (Å²) in [6.07, 6.45) is -0.467. The summed E-state index contributed by atoms with van der Waals surface area (Å²) >= 11 is 0. The quantitative estimate of drug-likeness (QED) is 0.803. The van der Waals surface area contributed by atoms with E-state index in [4.69, 9.17) is 4.42 Å². The Balaban J connectivity index is 1.99. The van der Waals surface area contributed by atoms with Crippen molar-refractivity contribution in [3.05, 3.63) is 42.0 Å². The van der Waals surface area contributed by atoms with Crippen molar-refractivity contribution in [1.82, 2.24) is 0 Å². The molecule has 8 heteroatoms. The summed E-state index contributed by atoms with van der Waals surface area (Å²) in [6, 6.07) is 12.3. The molecule has 1 aromatic carbocycles. The lowest BCUT2D eigenvalue weighted by atomic mass is 10.1. The topological polar surface area (TPSA) is 91.4 Å². The Kier molecular flexibility index (Phi) is 3.66. The normalized spacial score (nSPS) is 18.2. The standard InChI is InChI=1S/C15H11FN2O4S/c16-23(20,21)12-7-14(19)18(9-12)15-11(8-17)6-13(22-15)10-4-2-1-3-5-10/h1-6,12H,7,9H2. The van der Waals surface area contributed by atoms with E-state index in [-0.39, 0.29) is 18.0 Å². The van der Waals surface area contributed by atoms with Crippen LogP contribution in [0, 0.1) is 11.3 Å². The highest BCUT2D eigenvalue weighted by atomic mass is 32.3. The van der Waals surface area contributed by atoms with Gasteiger partial charge in [-0.05, 0) is 0 Å². The summed E-state index contributed by atoms with van der Waals surface area (Å²) in [5, 5.41) is 7.77. The van der Waals surface area contributed by atoms with Gasteiger partial charge in [0.15, 0.2) is 0 Å². The van der Waals surface area contributed by atoms with E-state index in [1.165, 1.54) is 6.07 Å². The molecule has 1 aliphatic rings. The fourth-order valence-corrected chi connectivity index (χ4v) is 3.14. The number of amides is 1. The maximum Gasteiger partial charge on any atom is 0.307 e. The molecule has 1 amide bonds. The summed E-state index contributed by atoms with van der Waals surface area (Å²) in [5.74, 6) is -0.277. The first kappa shape index (κ1) is 15.2. The highest BCUT2D eigenvalue weighted by molar-refractivity contribution is 7.87. The molecule has 3 rings (SSSR count). The van der Waals surface area contributed by atoms with Gasteiger partial charge in [-0.25, -0.2) is 0 Å². The molecule has 0 radical (unpaired) electrons. The predicted molar refractivity (Wildman–Crippen MR) is 79.6 cm³/mol. The van der Waals surface area contributed by atoms with Gasteiger partial charge in [-0.3, -0.25) is 9.69 Å². The Bertz CT molecular complexity index is 899. The fourth-order valence-electron chi connectivity index (χ4n) is 2.47. The molecule has 1 unspecified atom stereocenters. The van der Waals surface area contributed by atoms with Crippen LogP contribution < -0.4 is 4.90 Å². The molecule has 6 nitrogen and oxygen atoms in total. The third-order valence-electron chi connectivity index (χ3n) is 3.62. The smallest absolute Gasteiger partial charge is 0.307 e. The van der Waals surface area contributed by atoms with Crippen LogP contribution >= 0.6 is 0 Å². The Morgan fingerprint density at radius 3 is 2.57 bits per heavy atom. The highest BCUT2D eigenvalue weighted by Gasteiger charge is 2.41. The Morgan fingerprint density at radius 2 is 2.00 bits per heavy atom. The molecule has 1 fully saturated rings. The summed E-state index contributed by atoms with van der Waals surface area (Å²) in [4.78, 5) is 13.0. The Hall–Kier alpha value is -2.66. The molecule has 1 aliphatic heterocycles. The van der Waals surface area contributed by atoms with Crippen LogP contribution in [0.1, 0.15) is 12.0 Å². The number of halogens is 1. The zero-order chi connectivity index (χ0) is 16.6. The molecule has 0 aliphatic carbocycles. The van der Waals surface area contributed by atoms with Gasteiger partial charge in [0, 0.05) is 24.6 Å². The van der Waals surface area contributed by atoms with E-state index in [1.54, 1.807) is 24.3 Å². The van der Waals surface area contributed by atoms with E-state index in [9.17, 15) is 22.4 Å². The molecule has 0 spiro atoms. The molecule has 2 heterocycles. The lowest BCUT2D eigenvalue weighted by Gasteiger charge is -2.12. The fraction of sp³-hybridized carbons (Fsp3) is 0.200. The van der Waals surface area contributed by atoms with Gasteiger partial charge in [-0.15, -0.1) is 3.89 Å². The monoisotopic (exact) mass is 334 g/mol. The SMILES string of the molecule is N#Cc1cc(-c2ccccc2)oc1N1CC(S(=O)(=O)F)CC1=O. The van der Waals surface area contributed by atoms with Gasteiger partial charge in [-0.1, -0.05) is 30.3 Å². The molecule has 23 heavy (non-hydrogen) atoms. The molecule has 118 valence electrons. The number of furan rings is 1. The number of benzene rings is 1. The molecule has 0 saturated carbocycles. The minimum Gasteiger partial charge on any atom is -0.439 e. The van der Waals surface area contributed by atoms with Gasteiger partial charge in [0.25, 0.3) is 0 Å². The lowest BCUT2D eigenvalue weighted by Crippen LogP contribution is -2.27. The van der Waals surface area contributed by atoms with Crippen LogP contribution in [0.3, 0.4) is 0 Å². The first-order valence-corrected chi connectivity index (χ1v) is 8.18. The summed E-state index contributed by atoms with van der Waals surface area (Å²) in [6.45, 7) is -0.367. The van der Waals surface area contributed by atoms with Crippen LogP contribution in [-0.2, 0) is 15.0 Å². The second-order valence-corrected chi connectivity index (χ2v) is 6.73. The number of carbonyl (C=O) groups excluding carboxylic acids is 1. The van der Waals surface area contributed by atoms with Gasteiger partial charge in [0.05, 0.1) is 0 Å². The zero-order valence-electron chi connectivity index (χ0n) is 11.8. The summed E-state index contributed by atoms with van der Waals surface area (Å²) < 4.78 is 40.7. The number of carbonyl (C=O) groups is 1. The minimum absolute atomic E-state index is 0.0532. The number of hydrogen-bond acceptors (Lipinski definition) is 5. The van der Waals surface area contributed by atoms with Gasteiger partial charge in [0.1, 0.15) is 22.6 Å². The summed E-state index contributed by atoms with van der Waals surface area (Å²) in [7, 11) is -4.83. The van der Waals surface area contributed by atoms with Crippen LogP contribution in [0.25, 0.3) is 11.3 Å². The Morgan fingerprint density at radius 1 is 1.30 bits per heavy atom. The van der Waals surface area contributed by atoms with E-state index in [0.29, 0.717) is 11.3 Å². The van der Waals surface area contributed by atoms with Crippen molar-refractivity contribution in [2.24, 2.45) is 0 Å². The van der Waals surface area contributed by atoms with Crippen molar-refractivity contribution < 1.29 is 21.5 Å². The second-order valence-electron chi connectivity index (χ2n) is 5.11. The number of nitrogens with zero attached hydrogens (tertiary/aromatic N) is 2. The number of nitriles is 1. The molecular formula is C15H11FN2O4S. The molecule has 1 aromatic heterocycles. The van der Waals surface area contributed by atoms with E-state index in [1.807, 2.05) is 12.1 Å². The number of hydrogen-bond donors (Lipinski definition) is 0. The third kappa shape index (κ3) is 2.83. The predicted octanol–water partition coefficient (Wildman–Crippen LogP) is 2.22. The molecular weight excluding hydrogens is 323 g/mol. The van der Waals surface area contributed by atoms with Crippen molar-refractivity contribution in [3.63, 3.8) is 0 Å². The van der Waals surface area contributed by atoms with E-state index in [0.717, 1.165) is 4.90 Å². The molecule has 0 bridgehead atoms. The number of rotatable bonds is 3. The van der Waals surface area contributed by atoms with Gasteiger partial charge in [-0.2, -0.15) is 13.7 Å². The van der Waals surface area contributed by atoms with Crippen LogP contribution in [0.2, 0.25) is 0 Å². The first-order chi connectivity index (χ1) is 10.9. The lowest BCUT2D eigenvalue weighted by molar-refractivity contribution is -0.117. The van der Waals surface area contributed by atoms with E-state index >= 15 is 0 Å².